The van der Waals surface area contributed by atoms with Crippen LogP contribution in [0.25, 0.3) is 0 Å². The van der Waals surface area contributed by atoms with Crippen LogP contribution in [0.4, 0.5) is 0 Å². The third-order valence-electron chi connectivity index (χ3n) is 5.00. The third-order valence-corrected chi connectivity index (χ3v) is 5.00. The molecule has 132 valence electrons. The van der Waals surface area contributed by atoms with Crippen LogP contribution in [0.2, 0.25) is 0 Å². The summed E-state index contributed by atoms with van der Waals surface area (Å²) in [5.41, 5.74) is 1.31. The van der Waals surface area contributed by atoms with Crippen LogP contribution in [0.15, 0.2) is 30.3 Å². The van der Waals surface area contributed by atoms with Gasteiger partial charge >= 0.3 is 0 Å². The van der Waals surface area contributed by atoms with Crippen molar-refractivity contribution >= 4 is 5.91 Å². The first-order chi connectivity index (χ1) is 11.7. The average molecular weight is 332 g/mol. The predicted molar refractivity (Wildman–Crippen MR) is 92.8 cm³/mol. The molecule has 2 saturated heterocycles. The van der Waals surface area contributed by atoms with Gasteiger partial charge < -0.3 is 14.7 Å². The number of aliphatic hydroxyl groups excluding tert-OH is 1. The lowest BCUT2D eigenvalue weighted by atomic mass is 10.1. The largest absolute Gasteiger partial charge is 0.390 e. The number of hydrogen-bond acceptors (Lipinski definition) is 4. The highest BCUT2D eigenvalue weighted by atomic mass is 16.5. The topological polar surface area (TPSA) is 53.0 Å². The summed E-state index contributed by atoms with van der Waals surface area (Å²) in [5, 5.41) is 10.5. The van der Waals surface area contributed by atoms with Crippen molar-refractivity contribution in [3.05, 3.63) is 35.9 Å². The molecule has 0 spiro atoms. The van der Waals surface area contributed by atoms with Crippen molar-refractivity contribution in [2.45, 2.75) is 37.8 Å². The SMILES string of the molecule is O=C1CCCN1CC(O)CN(CCc1ccccc1)C1CCOC1. The van der Waals surface area contributed by atoms with Gasteiger partial charge in [0, 0.05) is 45.2 Å². The number of aliphatic hydroxyl groups is 1. The minimum Gasteiger partial charge on any atom is -0.390 e. The molecule has 0 aromatic heterocycles. The molecular formula is C19H28N2O3. The standard InChI is InChI=1S/C19H28N2O3/c22-18(14-21-10-4-7-19(21)23)13-20(17-9-12-24-15-17)11-8-16-5-2-1-3-6-16/h1-3,5-6,17-18,22H,4,7-15H2. The summed E-state index contributed by atoms with van der Waals surface area (Å²) in [4.78, 5) is 15.9. The number of likely N-dealkylation sites (tertiary alicyclic amines) is 1. The van der Waals surface area contributed by atoms with E-state index in [1.807, 2.05) is 6.07 Å². The third kappa shape index (κ3) is 4.79. The van der Waals surface area contributed by atoms with Crippen LogP contribution < -0.4 is 0 Å². The summed E-state index contributed by atoms with van der Waals surface area (Å²) in [5.74, 6) is 0.175. The fraction of sp³-hybridized carbons (Fsp3) is 0.632. The fourth-order valence-corrected chi connectivity index (χ4v) is 3.63. The Morgan fingerprint density at radius 1 is 1.33 bits per heavy atom. The Labute approximate surface area is 144 Å². The second-order valence-corrected chi connectivity index (χ2v) is 6.85. The molecule has 5 nitrogen and oxygen atoms in total. The first-order valence-corrected chi connectivity index (χ1v) is 9.04. The average Bonchev–Trinajstić information content (AvgIpc) is 3.25. The maximum Gasteiger partial charge on any atom is 0.222 e. The lowest BCUT2D eigenvalue weighted by Gasteiger charge is -2.31. The molecule has 1 N–H and O–H groups in total. The van der Waals surface area contributed by atoms with Crippen molar-refractivity contribution in [3.63, 3.8) is 0 Å². The van der Waals surface area contributed by atoms with Crippen molar-refractivity contribution in [1.82, 2.24) is 9.80 Å². The molecule has 3 rings (SSSR count). The van der Waals surface area contributed by atoms with Crippen molar-refractivity contribution in [2.75, 3.05) is 39.4 Å². The lowest BCUT2D eigenvalue weighted by molar-refractivity contribution is -0.129. The molecule has 24 heavy (non-hydrogen) atoms. The molecule has 0 radical (unpaired) electrons. The second-order valence-electron chi connectivity index (χ2n) is 6.85. The monoisotopic (exact) mass is 332 g/mol. The second kappa shape index (κ2) is 8.60. The number of carbonyl (C=O) groups excluding carboxylic acids is 1. The molecule has 0 aliphatic carbocycles. The first-order valence-electron chi connectivity index (χ1n) is 9.04. The van der Waals surface area contributed by atoms with Gasteiger partial charge in [0.05, 0.1) is 12.7 Å². The number of carbonyl (C=O) groups is 1. The first kappa shape index (κ1) is 17.4. The van der Waals surface area contributed by atoms with Gasteiger partial charge in [0.15, 0.2) is 0 Å². The van der Waals surface area contributed by atoms with Gasteiger partial charge in [-0.25, -0.2) is 0 Å². The molecule has 5 heteroatoms. The van der Waals surface area contributed by atoms with Crippen LogP contribution >= 0.6 is 0 Å². The Kier molecular flexibility index (Phi) is 6.24. The maximum atomic E-state index is 11.7. The van der Waals surface area contributed by atoms with Crippen molar-refractivity contribution in [1.29, 1.82) is 0 Å². The van der Waals surface area contributed by atoms with E-state index in [4.69, 9.17) is 4.74 Å². The minimum absolute atomic E-state index is 0.175. The summed E-state index contributed by atoms with van der Waals surface area (Å²) >= 11 is 0. The molecule has 0 saturated carbocycles. The number of amides is 1. The summed E-state index contributed by atoms with van der Waals surface area (Å²) < 4.78 is 5.53. The van der Waals surface area contributed by atoms with Crippen LogP contribution in [0.3, 0.4) is 0 Å². The molecule has 2 aliphatic heterocycles. The number of β-amino-alcohol motifs (C(OH)–C–C–N with tert-alkyl or cyclic N) is 1. The zero-order valence-corrected chi connectivity index (χ0v) is 14.3. The molecule has 2 aliphatic rings. The minimum atomic E-state index is -0.497. The summed E-state index contributed by atoms with van der Waals surface area (Å²) in [6.07, 6.45) is 3.03. The van der Waals surface area contributed by atoms with E-state index in [0.29, 0.717) is 25.6 Å². The van der Waals surface area contributed by atoms with Crippen LogP contribution in [0.1, 0.15) is 24.8 Å². The predicted octanol–water partition coefficient (Wildman–Crippen LogP) is 1.30. The summed E-state index contributed by atoms with van der Waals surface area (Å²) in [6.45, 7) is 4.28. The molecule has 1 aromatic rings. The van der Waals surface area contributed by atoms with E-state index in [1.54, 1.807) is 4.90 Å². The number of benzene rings is 1. The van der Waals surface area contributed by atoms with Crippen LogP contribution in [-0.2, 0) is 16.0 Å². The van der Waals surface area contributed by atoms with E-state index in [9.17, 15) is 9.90 Å². The van der Waals surface area contributed by atoms with Gasteiger partial charge in [-0.2, -0.15) is 0 Å². The number of rotatable bonds is 8. The Bertz CT molecular complexity index is 517. The van der Waals surface area contributed by atoms with Gasteiger partial charge in [-0.1, -0.05) is 30.3 Å². The number of ether oxygens (including phenoxy) is 1. The van der Waals surface area contributed by atoms with Gasteiger partial charge in [0.25, 0.3) is 0 Å². The highest BCUT2D eigenvalue weighted by Crippen LogP contribution is 2.16. The van der Waals surface area contributed by atoms with Gasteiger partial charge in [0.1, 0.15) is 0 Å². The van der Waals surface area contributed by atoms with E-state index in [0.717, 1.165) is 45.6 Å². The van der Waals surface area contributed by atoms with Gasteiger partial charge in [-0.3, -0.25) is 9.69 Å². The van der Waals surface area contributed by atoms with Crippen LogP contribution in [0, 0.1) is 0 Å². The Balaban J connectivity index is 1.54. The highest BCUT2D eigenvalue weighted by molar-refractivity contribution is 5.78. The summed E-state index contributed by atoms with van der Waals surface area (Å²) in [6, 6.07) is 10.8. The molecule has 2 fully saturated rings. The van der Waals surface area contributed by atoms with Crippen LogP contribution in [0.5, 0.6) is 0 Å². The van der Waals surface area contributed by atoms with Crippen molar-refractivity contribution in [2.24, 2.45) is 0 Å². The molecule has 0 bridgehead atoms. The zero-order valence-electron chi connectivity index (χ0n) is 14.3. The lowest BCUT2D eigenvalue weighted by Crippen LogP contribution is -2.45. The van der Waals surface area contributed by atoms with Gasteiger partial charge in [0.2, 0.25) is 5.91 Å². The van der Waals surface area contributed by atoms with Crippen LogP contribution in [-0.4, -0.2) is 72.4 Å². The molecule has 2 heterocycles. The number of nitrogens with zero attached hydrogens (tertiary/aromatic N) is 2. The van der Waals surface area contributed by atoms with E-state index in [-0.39, 0.29) is 5.91 Å². The molecule has 2 unspecified atom stereocenters. The fourth-order valence-electron chi connectivity index (χ4n) is 3.63. The van der Waals surface area contributed by atoms with E-state index in [1.165, 1.54) is 5.56 Å². The Hall–Kier alpha value is -1.43. The Morgan fingerprint density at radius 3 is 2.83 bits per heavy atom. The van der Waals surface area contributed by atoms with Gasteiger partial charge in [-0.05, 0) is 24.8 Å². The zero-order chi connectivity index (χ0) is 16.8. The van der Waals surface area contributed by atoms with Crippen molar-refractivity contribution in [3.8, 4) is 0 Å². The maximum absolute atomic E-state index is 11.7. The molecule has 1 aromatic carbocycles. The normalized spacial score (nSPS) is 22.5. The van der Waals surface area contributed by atoms with Crippen molar-refractivity contribution < 1.29 is 14.6 Å². The highest BCUT2D eigenvalue weighted by Gasteiger charge is 2.27. The van der Waals surface area contributed by atoms with E-state index >= 15 is 0 Å². The molecular weight excluding hydrogens is 304 g/mol. The number of hydrogen-bond donors (Lipinski definition) is 1. The van der Waals surface area contributed by atoms with E-state index in [2.05, 4.69) is 29.2 Å². The summed E-state index contributed by atoms with van der Waals surface area (Å²) in [7, 11) is 0. The Morgan fingerprint density at radius 2 is 2.17 bits per heavy atom. The quantitative estimate of drug-likeness (QED) is 0.780. The molecule has 1 amide bonds. The van der Waals surface area contributed by atoms with E-state index < -0.39 is 6.10 Å². The van der Waals surface area contributed by atoms with Gasteiger partial charge in [-0.15, -0.1) is 0 Å². The molecule has 2 atom stereocenters. The smallest absolute Gasteiger partial charge is 0.222 e.